The van der Waals surface area contributed by atoms with Crippen molar-refractivity contribution < 1.29 is 14.3 Å². The van der Waals surface area contributed by atoms with E-state index in [2.05, 4.69) is 0 Å². The number of carbonyl (C=O) groups is 1. The number of carbonyl (C=O) groups excluding carboxylic acids is 1. The van der Waals surface area contributed by atoms with Gasteiger partial charge in [-0.15, -0.1) is 0 Å². The molecule has 0 saturated heterocycles. The lowest BCUT2D eigenvalue weighted by atomic mass is 9.77. The van der Waals surface area contributed by atoms with Crippen LogP contribution in [0.15, 0.2) is 24.3 Å². The molecule has 0 heterocycles. The van der Waals surface area contributed by atoms with E-state index in [4.69, 9.17) is 15.2 Å². The third kappa shape index (κ3) is 5.30. The Labute approximate surface area is 139 Å². The molecule has 0 spiro atoms. The molecule has 1 aromatic rings. The Morgan fingerprint density at radius 1 is 1.13 bits per heavy atom. The molecule has 0 aliphatic carbocycles. The predicted octanol–water partition coefficient (Wildman–Crippen LogP) is 2.34. The minimum absolute atomic E-state index is 0.00317. The van der Waals surface area contributed by atoms with Crippen molar-refractivity contribution >= 4 is 11.5 Å². The summed E-state index contributed by atoms with van der Waals surface area (Å²) in [6.07, 6.45) is 1.46. The van der Waals surface area contributed by atoms with Gasteiger partial charge in [-0.1, -0.05) is 0 Å². The summed E-state index contributed by atoms with van der Waals surface area (Å²) in [4.78, 5) is 14.9. The summed E-state index contributed by atoms with van der Waals surface area (Å²) in [6.45, 7) is 2.97. The number of ketones is 1. The van der Waals surface area contributed by atoms with Gasteiger partial charge >= 0.3 is 0 Å². The van der Waals surface area contributed by atoms with E-state index in [0.717, 1.165) is 18.5 Å². The lowest BCUT2D eigenvalue weighted by Crippen LogP contribution is -2.52. The highest BCUT2D eigenvalue weighted by Crippen LogP contribution is 2.27. The lowest BCUT2D eigenvalue weighted by Gasteiger charge is -2.33. The maximum absolute atomic E-state index is 12.9. The van der Waals surface area contributed by atoms with E-state index in [0.29, 0.717) is 18.8 Å². The molecule has 0 aliphatic heterocycles. The molecular formula is C18H30N2O3. The first-order valence-electron chi connectivity index (χ1n) is 7.93. The van der Waals surface area contributed by atoms with Crippen LogP contribution in [0.25, 0.3) is 0 Å². The number of nitrogens with zero attached hydrogens (tertiary/aromatic N) is 1. The van der Waals surface area contributed by atoms with Crippen molar-refractivity contribution in [1.82, 2.24) is 0 Å². The Bertz CT molecular complexity index is 476. The maximum Gasteiger partial charge on any atom is 0.182 e. The van der Waals surface area contributed by atoms with Crippen LogP contribution in [0.5, 0.6) is 0 Å². The molecular weight excluding hydrogens is 292 g/mol. The number of nitrogens with two attached hydrogens (primary N) is 1. The molecule has 0 fully saturated rings. The Balaban J connectivity index is 2.94. The Hall–Kier alpha value is -1.43. The van der Waals surface area contributed by atoms with E-state index in [-0.39, 0.29) is 11.7 Å². The molecule has 1 unspecified atom stereocenters. The second kappa shape index (κ2) is 9.01. The molecule has 1 rings (SSSR count). The molecule has 0 amide bonds. The third-order valence-corrected chi connectivity index (χ3v) is 4.32. The van der Waals surface area contributed by atoms with Gasteiger partial charge in [0.1, 0.15) is 0 Å². The Morgan fingerprint density at radius 3 is 2.00 bits per heavy atom. The summed E-state index contributed by atoms with van der Waals surface area (Å²) in [6, 6.07) is 7.55. The normalized spacial score (nSPS) is 13.9. The molecule has 0 aliphatic rings. The van der Waals surface area contributed by atoms with Crippen LogP contribution in [0.3, 0.4) is 0 Å². The Kier molecular flexibility index (Phi) is 7.68. The first-order chi connectivity index (χ1) is 10.8. The molecule has 2 N–H and O–H groups in total. The number of methoxy groups -OCH3 is 2. The number of benzene rings is 1. The van der Waals surface area contributed by atoms with E-state index < -0.39 is 5.54 Å². The summed E-state index contributed by atoms with van der Waals surface area (Å²) in [5, 5.41) is 0. The minimum atomic E-state index is -0.948. The van der Waals surface area contributed by atoms with E-state index in [1.54, 1.807) is 14.2 Å². The van der Waals surface area contributed by atoms with Crippen molar-refractivity contribution in [2.24, 2.45) is 11.7 Å². The van der Waals surface area contributed by atoms with Gasteiger partial charge in [-0.25, -0.2) is 0 Å². The van der Waals surface area contributed by atoms with Crippen molar-refractivity contribution in [3.63, 3.8) is 0 Å². The summed E-state index contributed by atoms with van der Waals surface area (Å²) < 4.78 is 10.3. The largest absolute Gasteiger partial charge is 0.385 e. The average molecular weight is 322 g/mol. The third-order valence-electron chi connectivity index (χ3n) is 4.32. The van der Waals surface area contributed by atoms with Gasteiger partial charge in [0.15, 0.2) is 5.78 Å². The van der Waals surface area contributed by atoms with Crippen molar-refractivity contribution in [2.45, 2.75) is 25.3 Å². The fraction of sp³-hybridized carbons (Fsp3) is 0.611. The molecule has 0 bridgehead atoms. The zero-order valence-corrected chi connectivity index (χ0v) is 15.0. The fourth-order valence-electron chi connectivity index (χ4n) is 2.67. The molecule has 0 saturated carbocycles. The lowest BCUT2D eigenvalue weighted by molar-refractivity contribution is 0.0749. The van der Waals surface area contributed by atoms with Crippen molar-refractivity contribution in [2.75, 3.05) is 46.4 Å². The van der Waals surface area contributed by atoms with Crippen LogP contribution >= 0.6 is 0 Å². The topological polar surface area (TPSA) is 64.8 Å². The highest BCUT2D eigenvalue weighted by Gasteiger charge is 2.37. The fourth-order valence-corrected chi connectivity index (χ4v) is 2.67. The van der Waals surface area contributed by atoms with Crippen LogP contribution in [0.1, 0.15) is 30.1 Å². The number of Topliss-reactive ketones (excluding diaryl/α,β-unsaturated/α-hetero) is 1. The molecule has 0 aromatic heterocycles. The molecule has 130 valence electrons. The van der Waals surface area contributed by atoms with Crippen LogP contribution in [0.2, 0.25) is 0 Å². The number of rotatable bonds is 10. The summed E-state index contributed by atoms with van der Waals surface area (Å²) in [5.41, 5.74) is 7.19. The molecule has 0 radical (unpaired) electrons. The Morgan fingerprint density at radius 2 is 1.61 bits per heavy atom. The number of hydrogen-bond donors (Lipinski definition) is 1. The van der Waals surface area contributed by atoms with E-state index in [9.17, 15) is 4.79 Å². The minimum Gasteiger partial charge on any atom is -0.385 e. The highest BCUT2D eigenvalue weighted by atomic mass is 16.5. The number of ether oxygens (including phenoxy) is 2. The average Bonchev–Trinajstić information content (AvgIpc) is 2.54. The molecule has 1 atom stereocenters. The SMILES string of the molecule is COCCC(CCOC)C(C)(N)C(=O)c1ccc(N(C)C)cc1. The second-order valence-electron chi connectivity index (χ2n) is 6.31. The molecule has 23 heavy (non-hydrogen) atoms. The van der Waals surface area contributed by atoms with Gasteiger partial charge in [0.2, 0.25) is 0 Å². The number of anilines is 1. The summed E-state index contributed by atoms with van der Waals surface area (Å²) >= 11 is 0. The van der Waals surface area contributed by atoms with Crippen molar-refractivity contribution in [1.29, 1.82) is 0 Å². The predicted molar refractivity (Wildman–Crippen MR) is 94.2 cm³/mol. The van der Waals surface area contributed by atoms with E-state index in [1.165, 1.54) is 0 Å². The van der Waals surface area contributed by atoms with Gasteiger partial charge in [-0.3, -0.25) is 4.79 Å². The van der Waals surface area contributed by atoms with Crippen LogP contribution in [0.4, 0.5) is 5.69 Å². The first kappa shape index (κ1) is 19.6. The van der Waals surface area contributed by atoms with Crippen molar-refractivity contribution in [3.8, 4) is 0 Å². The monoisotopic (exact) mass is 322 g/mol. The van der Waals surface area contributed by atoms with Gasteiger partial charge in [-0.05, 0) is 49.9 Å². The smallest absolute Gasteiger partial charge is 0.182 e. The standard InChI is InChI=1S/C18H30N2O3/c1-18(19,15(10-12-22-4)11-13-23-5)17(21)14-6-8-16(9-7-14)20(2)3/h6-9,15H,10-13,19H2,1-5H3. The maximum atomic E-state index is 12.9. The number of hydrogen-bond acceptors (Lipinski definition) is 5. The van der Waals surface area contributed by atoms with Gasteiger partial charge in [0.05, 0.1) is 5.54 Å². The van der Waals surface area contributed by atoms with Crippen molar-refractivity contribution in [3.05, 3.63) is 29.8 Å². The molecule has 5 nitrogen and oxygen atoms in total. The molecule has 1 aromatic carbocycles. The first-order valence-corrected chi connectivity index (χ1v) is 7.93. The van der Waals surface area contributed by atoms with E-state index in [1.807, 2.05) is 50.2 Å². The highest BCUT2D eigenvalue weighted by molar-refractivity contribution is 6.03. The second-order valence-corrected chi connectivity index (χ2v) is 6.31. The zero-order chi connectivity index (χ0) is 17.5. The molecule has 5 heteroatoms. The van der Waals surface area contributed by atoms with Crippen LogP contribution < -0.4 is 10.6 Å². The quantitative estimate of drug-likeness (QED) is 0.670. The van der Waals surface area contributed by atoms with Crippen LogP contribution in [-0.2, 0) is 9.47 Å². The van der Waals surface area contributed by atoms with Crippen LogP contribution in [0, 0.1) is 5.92 Å². The van der Waals surface area contributed by atoms with Gasteiger partial charge in [0.25, 0.3) is 0 Å². The zero-order valence-electron chi connectivity index (χ0n) is 15.0. The summed E-state index contributed by atoms with van der Waals surface area (Å²) in [5.74, 6) is -0.0385. The van der Waals surface area contributed by atoms with Gasteiger partial charge in [0, 0.05) is 52.8 Å². The van der Waals surface area contributed by atoms with Crippen LogP contribution in [-0.4, -0.2) is 52.9 Å². The van der Waals surface area contributed by atoms with Gasteiger partial charge in [-0.2, -0.15) is 0 Å². The van der Waals surface area contributed by atoms with Gasteiger partial charge < -0.3 is 20.1 Å². The van der Waals surface area contributed by atoms with E-state index >= 15 is 0 Å². The summed E-state index contributed by atoms with van der Waals surface area (Å²) in [7, 11) is 7.25.